The van der Waals surface area contributed by atoms with E-state index in [2.05, 4.69) is 52.8 Å². The van der Waals surface area contributed by atoms with Crippen LogP contribution in [0.5, 0.6) is 0 Å². The van der Waals surface area contributed by atoms with E-state index in [1.54, 1.807) is 0 Å². The maximum Gasteiger partial charge on any atom is -0.0115 e. The molecule has 0 fully saturated rings. The monoisotopic (exact) mass is 180 g/mol. The predicted molar refractivity (Wildman–Crippen MR) is 61.9 cm³/mol. The van der Waals surface area contributed by atoms with Crippen LogP contribution in [0.1, 0.15) is 53.9 Å². The van der Waals surface area contributed by atoms with E-state index in [0.29, 0.717) is 5.41 Å². The van der Waals surface area contributed by atoms with Gasteiger partial charge >= 0.3 is 0 Å². The van der Waals surface area contributed by atoms with Crippen molar-refractivity contribution in [3.8, 4) is 0 Å². The summed E-state index contributed by atoms with van der Waals surface area (Å²) >= 11 is 0. The van der Waals surface area contributed by atoms with Crippen LogP contribution in [-0.4, -0.2) is 0 Å². The Morgan fingerprint density at radius 1 is 1.23 bits per heavy atom. The Bertz CT molecular complexity index is 182. The minimum Gasteiger partial charge on any atom is -0.0883 e. The average Bonchev–Trinajstić information content (AvgIpc) is 2.11. The molecule has 1 unspecified atom stereocenters. The highest BCUT2D eigenvalue weighted by Crippen LogP contribution is 2.28. The van der Waals surface area contributed by atoms with Gasteiger partial charge in [-0.3, -0.25) is 0 Å². The van der Waals surface area contributed by atoms with Gasteiger partial charge in [-0.25, -0.2) is 0 Å². The van der Waals surface area contributed by atoms with Crippen molar-refractivity contribution in [2.75, 3.05) is 0 Å². The summed E-state index contributed by atoms with van der Waals surface area (Å²) in [5.41, 5.74) is 1.79. The molecule has 0 saturated carbocycles. The van der Waals surface area contributed by atoms with E-state index < -0.39 is 0 Å². The van der Waals surface area contributed by atoms with Gasteiger partial charge in [0.1, 0.15) is 0 Å². The fourth-order valence-electron chi connectivity index (χ4n) is 1.17. The van der Waals surface area contributed by atoms with Crippen molar-refractivity contribution in [1.29, 1.82) is 0 Å². The molecule has 0 aliphatic heterocycles. The van der Waals surface area contributed by atoms with Crippen LogP contribution < -0.4 is 0 Å². The highest BCUT2D eigenvalue weighted by atomic mass is 14.2. The van der Waals surface area contributed by atoms with Gasteiger partial charge in [-0.2, -0.15) is 0 Å². The van der Waals surface area contributed by atoms with Crippen LogP contribution in [0.4, 0.5) is 0 Å². The quantitative estimate of drug-likeness (QED) is 0.537. The lowest BCUT2D eigenvalue weighted by atomic mass is 9.83. The van der Waals surface area contributed by atoms with Crippen molar-refractivity contribution in [3.05, 3.63) is 23.8 Å². The molecule has 76 valence electrons. The van der Waals surface area contributed by atoms with Crippen LogP contribution in [0.25, 0.3) is 0 Å². The van der Waals surface area contributed by atoms with Gasteiger partial charge in [0.15, 0.2) is 0 Å². The molecule has 0 radical (unpaired) electrons. The second kappa shape index (κ2) is 6.01. The minimum absolute atomic E-state index is 0.368. The summed E-state index contributed by atoms with van der Waals surface area (Å²) in [6.45, 7) is 11.1. The van der Waals surface area contributed by atoms with Crippen LogP contribution in [0, 0.1) is 5.41 Å². The molecule has 0 amide bonds. The van der Waals surface area contributed by atoms with Gasteiger partial charge < -0.3 is 0 Å². The van der Waals surface area contributed by atoms with E-state index in [1.165, 1.54) is 18.4 Å². The summed E-state index contributed by atoms with van der Waals surface area (Å²) in [6, 6.07) is 0. The predicted octanol–water partition coefficient (Wildman–Crippen LogP) is 4.73. The van der Waals surface area contributed by atoms with Gasteiger partial charge in [-0.15, -0.1) is 0 Å². The molecule has 0 bridgehead atoms. The molecule has 0 nitrogen and oxygen atoms in total. The fourth-order valence-corrected chi connectivity index (χ4v) is 1.17. The lowest BCUT2D eigenvalue weighted by Gasteiger charge is -2.22. The largest absolute Gasteiger partial charge is 0.0883 e. The molecule has 0 heterocycles. The number of rotatable bonds is 5. The summed E-state index contributed by atoms with van der Waals surface area (Å²) in [6.07, 6.45) is 10.5. The summed E-state index contributed by atoms with van der Waals surface area (Å²) in [4.78, 5) is 0. The summed E-state index contributed by atoms with van der Waals surface area (Å²) < 4.78 is 0. The number of hydrogen-bond donors (Lipinski definition) is 0. The van der Waals surface area contributed by atoms with Gasteiger partial charge in [0.05, 0.1) is 0 Å². The topological polar surface area (TPSA) is 0 Å². The molecular formula is C13H24. The van der Waals surface area contributed by atoms with Crippen molar-refractivity contribution < 1.29 is 0 Å². The lowest BCUT2D eigenvalue weighted by molar-refractivity contribution is 0.415. The average molecular weight is 180 g/mol. The van der Waals surface area contributed by atoms with Crippen molar-refractivity contribution in [3.63, 3.8) is 0 Å². The first kappa shape index (κ1) is 12.5. The number of hydrogen-bond acceptors (Lipinski definition) is 0. The fraction of sp³-hybridized carbons (Fsp3) is 0.692. The Kier molecular flexibility index (Phi) is 5.77. The Hall–Kier alpha value is -0.520. The van der Waals surface area contributed by atoms with E-state index >= 15 is 0 Å². The molecule has 0 aromatic carbocycles. The van der Waals surface area contributed by atoms with Gasteiger partial charge in [0.2, 0.25) is 0 Å². The zero-order chi connectivity index (χ0) is 10.3. The molecule has 0 saturated heterocycles. The van der Waals surface area contributed by atoms with Crippen molar-refractivity contribution >= 4 is 0 Å². The Morgan fingerprint density at radius 2 is 1.85 bits per heavy atom. The third-order valence-electron chi connectivity index (χ3n) is 2.54. The lowest BCUT2D eigenvalue weighted by Crippen LogP contribution is -2.10. The normalized spacial score (nSPS) is 15.8. The highest BCUT2D eigenvalue weighted by molar-refractivity contribution is 5.03. The smallest absolute Gasteiger partial charge is 0.0115 e. The zero-order valence-electron chi connectivity index (χ0n) is 9.85. The van der Waals surface area contributed by atoms with Crippen LogP contribution in [0.3, 0.4) is 0 Å². The maximum absolute atomic E-state index is 2.37. The van der Waals surface area contributed by atoms with E-state index in [-0.39, 0.29) is 0 Å². The van der Waals surface area contributed by atoms with Gasteiger partial charge in [-0.05, 0) is 38.5 Å². The van der Waals surface area contributed by atoms with E-state index in [9.17, 15) is 0 Å². The molecule has 0 aliphatic rings. The standard InChI is InChI=1S/C13H24/c1-6-8-10-13(5,7-2)11-9-12(3)4/h8-10H,6-7,11H2,1-5H3/b10-8+. The Labute approximate surface area is 83.7 Å². The zero-order valence-corrected chi connectivity index (χ0v) is 9.85. The molecule has 0 aliphatic carbocycles. The molecule has 13 heavy (non-hydrogen) atoms. The van der Waals surface area contributed by atoms with Crippen LogP contribution in [-0.2, 0) is 0 Å². The second-order valence-electron chi connectivity index (χ2n) is 4.30. The molecule has 0 aromatic rings. The highest BCUT2D eigenvalue weighted by Gasteiger charge is 2.15. The molecule has 0 heteroatoms. The molecule has 0 rings (SSSR count). The number of allylic oxidation sites excluding steroid dienone is 4. The van der Waals surface area contributed by atoms with Gasteiger partial charge in [-0.1, -0.05) is 44.6 Å². The van der Waals surface area contributed by atoms with Crippen LogP contribution >= 0.6 is 0 Å². The van der Waals surface area contributed by atoms with Crippen molar-refractivity contribution in [2.24, 2.45) is 5.41 Å². The summed E-state index contributed by atoms with van der Waals surface area (Å²) in [5.74, 6) is 0. The second-order valence-corrected chi connectivity index (χ2v) is 4.30. The van der Waals surface area contributed by atoms with Gasteiger partial charge in [0, 0.05) is 0 Å². The molecule has 0 N–H and O–H groups in total. The molecule has 0 spiro atoms. The Balaban J connectivity index is 4.28. The third-order valence-corrected chi connectivity index (χ3v) is 2.54. The van der Waals surface area contributed by atoms with Crippen LogP contribution in [0.15, 0.2) is 23.8 Å². The van der Waals surface area contributed by atoms with Crippen LogP contribution in [0.2, 0.25) is 0 Å². The summed E-state index contributed by atoms with van der Waals surface area (Å²) in [7, 11) is 0. The SMILES string of the molecule is CC/C=C/C(C)(CC)CC=C(C)C. The molecule has 0 aromatic heterocycles. The van der Waals surface area contributed by atoms with Crippen molar-refractivity contribution in [1.82, 2.24) is 0 Å². The third kappa shape index (κ3) is 5.68. The first-order valence-corrected chi connectivity index (χ1v) is 5.35. The molecule has 1 atom stereocenters. The first-order chi connectivity index (χ1) is 6.04. The Morgan fingerprint density at radius 3 is 2.23 bits per heavy atom. The van der Waals surface area contributed by atoms with E-state index in [1.807, 2.05) is 0 Å². The first-order valence-electron chi connectivity index (χ1n) is 5.35. The molecular weight excluding hydrogens is 156 g/mol. The van der Waals surface area contributed by atoms with E-state index in [4.69, 9.17) is 0 Å². The minimum atomic E-state index is 0.368. The maximum atomic E-state index is 2.37. The van der Waals surface area contributed by atoms with E-state index in [0.717, 1.165) is 6.42 Å². The van der Waals surface area contributed by atoms with Gasteiger partial charge in [0.25, 0.3) is 0 Å². The summed E-state index contributed by atoms with van der Waals surface area (Å²) in [5, 5.41) is 0. The van der Waals surface area contributed by atoms with Crippen molar-refractivity contribution in [2.45, 2.75) is 53.9 Å².